The molecule has 108 valence electrons. The lowest BCUT2D eigenvalue weighted by atomic mass is 9.67. The van der Waals surface area contributed by atoms with Gasteiger partial charge in [-0.1, -0.05) is 25.7 Å². The van der Waals surface area contributed by atoms with Crippen molar-refractivity contribution in [3.63, 3.8) is 0 Å². The van der Waals surface area contributed by atoms with E-state index in [1.807, 2.05) is 0 Å². The first-order valence-corrected chi connectivity index (χ1v) is 8.60. The van der Waals surface area contributed by atoms with E-state index in [2.05, 4.69) is 4.90 Å². The number of hydrogen-bond acceptors (Lipinski definition) is 1. The molecule has 0 aromatic carbocycles. The van der Waals surface area contributed by atoms with Crippen LogP contribution in [0, 0.1) is 17.8 Å². The normalized spacial score (nSPS) is 36.9. The van der Waals surface area contributed by atoms with Crippen molar-refractivity contribution < 1.29 is 4.79 Å². The monoisotopic (exact) mass is 283 g/mol. The first-order chi connectivity index (χ1) is 9.24. The highest BCUT2D eigenvalue weighted by Gasteiger charge is 2.37. The summed E-state index contributed by atoms with van der Waals surface area (Å²) in [6.07, 6.45) is 11.2. The van der Waals surface area contributed by atoms with Gasteiger partial charge in [-0.05, 0) is 43.9 Å². The zero-order valence-electron chi connectivity index (χ0n) is 11.8. The molecular weight excluding hydrogens is 258 g/mol. The molecule has 1 aliphatic heterocycles. The molecular formula is C16H26ClNO. The lowest BCUT2D eigenvalue weighted by Gasteiger charge is -2.41. The minimum Gasteiger partial charge on any atom is -0.342 e. The minimum atomic E-state index is 0.290. The summed E-state index contributed by atoms with van der Waals surface area (Å²) in [5.41, 5.74) is 0. The van der Waals surface area contributed by atoms with E-state index in [-0.39, 0.29) is 5.38 Å². The van der Waals surface area contributed by atoms with Gasteiger partial charge in [0.25, 0.3) is 0 Å². The second-order valence-electron chi connectivity index (χ2n) is 6.81. The quantitative estimate of drug-likeness (QED) is 0.670. The highest BCUT2D eigenvalue weighted by Crippen LogP contribution is 2.43. The van der Waals surface area contributed by atoms with Gasteiger partial charge in [-0.2, -0.15) is 0 Å². The fourth-order valence-electron chi connectivity index (χ4n) is 4.42. The number of halogens is 1. The Hall–Kier alpha value is -0.240. The number of nitrogens with zero attached hydrogens (tertiary/aromatic N) is 1. The number of fused-ring (bicyclic) bond motifs is 1. The maximum Gasteiger partial charge on any atom is 0.225 e. The summed E-state index contributed by atoms with van der Waals surface area (Å²) in [6.45, 7) is 1.77. The Kier molecular flexibility index (Phi) is 4.36. The Morgan fingerprint density at radius 2 is 1.58 bits per heavy atom. The summed E-state index contributed by atoms with van der Waals surface area (Å²) in [7, 11) is 0. The molecule has 0 spiro atoms. The largest absolute Gasteiger partial charge is 0.342 e. The Bertz CT molecular complexity index is 325. The second kappa shape index (κ2) is 6.03. The van der Waals surface area contributed by atoms with E-state index in [0.717, 1.165) is 44.2 Å². The van der Waals surface area contributed by atoms with Crippen LogP contribution >= 0.6 is 11.6 Å². The van der Waals surface area contributed by atoms with Crippen LogP contribution in [0.4, 0.5) is 0 Å². The third-order valence-electron chi connectivity index (χ3n) is 5.63. The average molecular weight is 284 g/mol. The molecule has 3 fully saturated rings. The van der Waals surface area contributed by atoms with E-state index >= 15 is 0 Å². The van der Waals surface area contributed by atoms with E-state index in [4.69, 9.17) is 11.6 Å². The second-order valence-corrected chi connectivity index (χ2v) is 7.43. The smallest absolute Gasteiger partial charge is 0.225 e. The minimum absolute atomic E-state index is 0.290. The highest BCUT2D eigenvalue weighted by molar-refractivity contribution is 6.20. The van der Waals surface area contributed by atoms with Crippen LogP contribution in [-0.2, 0) is 4.79 Å². The van der Waals surface area contributed by atoms with Gasteiger partial charge in [0.05, 0.1) is 0 Å². The van der Waals surface area contributed by atoms with Crippen LogP contribution in [0.15, 0.2) is 0 Å². The summed E-state index contributed by atoms with van der Waals surface area (Å²) < 4.78 is 0. The van der Waals surface area contributed by atoms with Crippen molar-refractivity contribution >= 4 is 17.5 Å². The van der Waals surface area contributed by atoms with Crippen molar-refractivity contribution in [1.29, 1.82) is 0 Å². The van der Waals surface area contributed by atoms with Crippen molar-refractivity contribution in [3.8, 4) is 0 Å². The lowest BCUT2D eigenvalue weighted by molar-refractivity contribution is -0.138. The molecule has 1 heterocycles. The lowest BCUT2D eigenvalue weighted by Crippen LogP contribution is -2.44. The number of rotatable bonds is 1. The molecule has 2 nitrogen and oxygen atoms in total. The number of amides is 1. The molecule has 0 N–H and O–H groups in total. The molecule has 0 aromatic rings. The summed E-state index contributed by atoms with van der Waals surface area (Å²) in [6, 6.07) is 0. The molecule has 2 aliphatic carbocycles. The van der Waals surface area contributed by atoms with Gasteiger partial charge in [0, 0.05) is 24.4 Å². The molecule has 19 heavy (non-hydrogen) atoms. The number of carbonyl (C=O) groups is 1. The molecule has 0 radical (unpaired) electrons. The van der Waals surface area contributed by atoms with Crippen LogP contribution in [-0.4, -0.2) is 29.3 Å². The molecule has 3 aliphatic rings. The van der Waals surface area contributed by atoms with Crippen molar-refractivity contribution in [2.24, 2.45) is 17.8 Å². The van der Waals surface area contributed by atoms with Crippen LogP contribution in [0.1, 0.15) is 57.8 Å². The highest BCUT2D eigenvalue weighted by atomic mass is 35.5. The molecule has 3 heteroatoms. The van der Waals surface area contributed by atoms with Gasteiger partial charge in [0.15, 0.2) is 0 Å². The summed E-state index contributed by atoms with van der Waals surface area (Å²) in [4.78, 5) is 14.7. The van der Waals surface area contributed by atoms with Crippen molar-refractivity contribution in [1.82, 2.24) is 4.90 Å². The van der Waals surface area contributed by atoms with E-state index in [0.29, 0.717) is 11.8 Å². The number of hydrogen-bond donors (Lipinski definition) is 0. The van der Waals surface area contributed by atoms with Gasteiger partial charge in [-0.25, -0.2) is 0 Å². The van der Waals surface area contributed by atoms with E-state index in [1.54, 1.807) is 0 Å². The van der Waals surface area contributed by atoms with Gasteiger partial charge >= 0.3 is 0 Å². The van der Waals surface area contributed by atoms with Gasteiger partial charge in [-0.3, -0.25) is 4.79 Å². The number of alkyl halides is 1. The zero-order chi connectivity index (χ0) is 13.2. The predicted molar refractivity (Wildman–Crippen MR) is 78.2 cm³/mol. The van der Waals surface area contributed by atoms with E-state index in [1.165, 1.54) is 38.5 Å². The summed E-state index contributed by atoms with van der Waals surface area (Å²) in [5.74, 6) is 2.55. The molecule has 0 bridgehead atoms. The Morgan fingerprint density at radius 1 is 0.895 bits per heavy atom. The SMILES string of the molecule is O=C(C1CCC2CCCCC2C1)N1CCC(Cl)CC1. The van der Waals surface area contributed by atoms with Crippen LogP contribution in [0.2, 0.25) is 0 Å². The Labute approximate surface area is 121 Å². The number of piperidine rings is 1. The molecule has 1 amide bonds. The van der Waals surface area contributed by atoms with Gasteiger partial charge in [-0.15, -0.1) is 11.6 Å². The van der Waals surface area contributed by atoms with Crippen LogP contribution in [0.5, 0.6) is 0 Å². The molecule has 1 saturated heterocycles. The molecule has 0 aromatic heterocycles. The molecule has 3 rings (SSSR count). The maximum absolute atomic E-state index is 12.6. The third kappa shape index (κ3) is 3.09. The van der Waals surface area contributed by atoms with Crippen molar-refractivity contribution in [2.75, 3.05) is 13.1 Å². The van der Waals surface area contributed by atoms with Gasteiger partial charge in [0.1, 0.15) is 0 Å². The summed E-state index contributed by atoms with van der Waals surface area (Å²) >= 11 is 6.13. The first-order valence-electron chi connectivity index (χ1n) is 8.17. The van der Waals surface area contributed by atoms with Crippen LogP contribution in [0.25, 0.3) is 0 Å². The van der Waals surface area contributed by atoms with Gasteiger partial charge in [0.2, 0.25) is 5.91 Å². The van der Waals surface area contributed by atoms with Crippen molar-refractivity contribution in [2.45, 2.75) is 63.2 Å². The van der Waals surface area contributed by atoms with Crippen LogP contribution < -0.4 is 0 Å². The average Bonchev–Trinajstić information content (AvgIpc) is 2.47. The fraction of sp³-hybridized carbons (Fsp3) is 0.938. The topological polar surface area (TPSA) is 20.3 Å². The fourth-order valence-corrected chi connectivity index (χ4v) is 4.62. The zero-order valence-corrected chi connectivity index (χ0v) is 12.6. The van der Waals surface area contributed by atoms with Crippen molar-refractivity contribution in [3.05, 3.63) is 0 Å². The predicted octanol–water partition coefficient (Wildman–Crippen LogP) is 3.82. The number of likely N-dealkylation sites (tertiary alicyclic amines) is 1. The van der Waals surface area contributed by atoms with Gasteiger partial charge < -0.3 is 4.90 Å². The molecule has 3 atom stereocenters. The van der Waals surface area contributed by atoms with E-state index in [9.17, 15) is 4.79 Å². The molecule has 2 saturated carbocycles. The standard InChI is InChI=1S/C16H26ClNO/c17-15-7-9-18(10-8-15)16(19)14-6-5-12-3-1-2-4-13(12)11-14/h12-15H,1-11H2. The molecule has 3 unspecified atom stereocenters. The Balaban J connectivity index is 1.55. The maximum atomic E-state index is 12.6. The third-order valence-corrected chi connectivity index (χ3v) is 6.06. The number of carbonyl (C=O) groups excluding carboxylic acids is 1. The van der Waals surface area contributed by atoms with Crippen LogP contribution in [0.3, 0.4) is 0 Å². The summed E-state index contributed by atoms with van der Waals surface area (Å²) in [5, 5.41) is 0.290. The Morgan fingerprint density at radius 3 is 2.32 bits per heavy atom. The van der Waals surface area contributed by atoms with E-state index < -0.39 is 0 Å². The first kappa shape index (κ1) is 13.7.